The molecule has 0 fully saturated rings. The minimum atomic E-state index is -0.396. The first-order chi connectivity index (χ1) is 8.38. The second-order valence-electron chi connectivity index (χ2n) is 4.60. The minimum Gasteiger partial charge on any atom is -0.287 e. The van der Waals surface area contributed by atoms with Crippen LogP contribution in [0.3, 0.4) is 0 Å². The molecular formula is C14H10Br2O2. The number of hydrogen-bond donors (Lipinski definition) is 0. The van der Waals surface area contributed by atoms with Crippen LogP contribution in [0.1, 0.15) is 13.3 Å². The van der Waals surface area contributed by atoms with Crippen molar-refractivity contribution >= 4 is 43.4 Å². The monoisotopic (exact) mass is 368 g/mol. The molecule has 2 nitrogen and oxygen atoms in total. The van der Waals surface area contributed by atoms with Crippen molar-refractivity contribution in [3.05, 3.63) is 32.8 Å². The van der Waals surface area contributed by atoms with Gasteiger partial charge in [-0.05, 0) is 50.1 Å². The number of terminal acetylenes is 1. The highest BCUT2D eigenvalue weighted by molar-refractivity contribution is 9.13. The van der Waals surface area contributed by atoms with Crippen molar-refractivity contribution in [1.82, 2.24) is 0 Å². The number of carbonyl (C=O) groups is 2. The molecule has 2 aliphatic rings. The fourth-order valence-corrected chi connectivity index (χ4v) is 4.01. The fourth-order valence-electron chi connectivity index (χ4n) is 2.46. The van der Waals surface area contributed by atoms with E-state index >= 15 is 0 Å². The van der Waals surface area contributed by atoms with Gasteiger partial charge in [0, 0.05) is 11.0 Å². The predicted molar refractivity (Wildman–Crippen MR) is 77.2 cm³/mol. The van der Waals surface area contributed by atoms with E-state index in [1.165, 1.54) is 0 Å². The van der Waals surface area contributed by atoms with Gasteiger partial charge in [-0.25, -0.2) is 0 Å². The van der Waals surface area contributed by atoms with Crippen LogP contribution in [0, 0.1) is 23.7 Å². The van der Waals surface area contributed by atoms with E-state index in [0.29, 0.717) is 14.5 Å². The van der Waals surface area contributed by atoms with Gasteiger partial charge in [0.15, 0.2) is 0 Å². The van der Waals surface area contributed by atoms with Gasteiger partial charge in [-0.15, -0.1) is 6.42 Å². The quantitative estimate of drug-likeness (QED) is 0.525. The summed E-state index contributed by atoms with van der Waals surface area (Å²) in [6, 6.07) is 0. The third-order valence-corrected chi connectivity index (χ3v) is 4.41. The summed E-state index contributed by atoms with van der Waals surface area (Å²) in [5.41, 5.74) is 0.257. The molecule has 0 aromatic heterocycles. The highest BCUT2D eigenvalue weighted by Gasteiger charge is 2.39. The molecule has 92 valence electrons. The van der Waals surface area contributed by atoms with Crippen molar-refractivity contribution in [2.75, 3.05) is 0 Å². The third kappa shape index (κ3) is 2.17. The number of Topliss-reactive ketones (excluding diaryl/α,β-unsaturated/α-hetero) is 2. The number of halogens is 2. The number of rotatable bonds is 1. The zero-order valence-corrected chi connectivity index (χ0v) is 12.8. The largest absolute Gasteiger partial charge is 0.287 e. The first-order valence-electron chi connectivity index (χ1n) is 5.43. The van der Waals surface area contributed by atoms with E-state index in [0.717, 1.165) is 6.42 Å². The molecule has 0 aromatic carbocycles. The molecule has 18 heavy (non-hydrogen) atoms. The molecule has 0 aliphatic heterocycles. The maximum Gasteiger partial charge on any atom is 0.231 e. The summed E-state index contributed by atoms with van der Waals surface area (Å²) in [4.78, 5) is 23.3. The van der Waals surface area contributed by atoms with E-state index < -0.39 is 5.41 Å². The Hall–Kier alpha value is -0.920. The Morgan fingerprint density at radius 1 is 1.39 bits per heavy atom. The van der Waals surface area contributed by atoms with Crippen molar-refractivity contribution in [2.45, 2.75) is 13.3 Å². The molecule has 0 radical (unpaired) electrons. The SMILES string of the molecule is C#CC(=O)C1=CC2(C=C(Br)C(=O)C(Br)=C2)C[C@@H]1C. The van der Waals surface area contributed by atoms with E-state index in [-0.39, 0.29) is 17.5 Å². The molecule has 2 rings (SSSR count). The van der Waals surface area contributed by atoms with Gasteiger partial charge in [0.25, 0.3) is 0 Å². The lowest BCUT2D eigenvalue weighted by atomic mass is 9.82. The van der Waals surface area contributed by atoms with Crippen molar-refractivity contribution in [2.24, 2.45) is 11.3 Å². The maximum atomic E-state index is 11.7. The first kappa shape index (κ1) is 13.5. The second kappa shape index (κ2) is 4.64. The van der Waals surface area contributed by atoms with Crippen molar-refractivity contribution in [3.8, 4) is 12.3 Å². The molecule has 0 aromatic rings. The Morgan fingerprint density at radius 3 is 2.44 bits per heavy atom. The summed E-state index contributed by atoms with van der Waals surface area (Å²) in [7, 11) is 0. The van der Waals surface area contributed by atoms with Gasteiger partial charge >= 0.3 is 0 Å². The average Bonchev–Trinajstić information content (AvgIpc) is 2.62. The third-order valence-electron chi connectivity index (χ3n) is 3.23. The standard InChI is InChI=1S/C14H10Br2O2/c1-3-12(17)9-5-14(4-8(9)2)6-10(15)13(18)11(16)7-14/h1,5-8H,4H2,2H3/t8-/m0/s1. The van der Waals surface area contributed by atoms with Crippen molar-refractivity contribution in [1.29, 1.82) is 0 Å². The lowest BCUT2D eigenvalue weighted by Crippen LogP contribution is -2.18. The summed E-state index contributed by atoms with van der Waals surface area (Å²) in [6.07, 6.45) is 11.5. The summed E-state index contributed by atoms with van der Waals surface area (Å²) >= 11 is 6.52. The molecule has 0 saturated heterocycles. The van der Waals surface area contributed by atoms with Crippen LogP contribution >= 0.6 is 31.9 Å². The van der Waals surface area contributed by atoms with Crippen molar-refractivity contribution < 1.29 is 9.59 Å². The molecule has 0 bridgehead atoms. The first-order valence-corrected chi connectivity index (χ1v) is 7.02. The lowest BCUT2D eigenvalue weighted by Gasteiger charge is -2.24. The summed E-state index contributed by atoms with van der Waals surface area (Å²) in [5.74, 6) is 1.89. The number of allylic oxidation sites excluding steroid dienone is 6. The van der Waals surface area contributed by atoms with Crippen LogP contribution in [0.2, 0.25) is 0 Å². The molecule has 0 N–H and O–H groups in total. The van der Waals surface area contributed by atoms with Crippen molar-refractivity contribution in [3.63, 3.8) is 0 Å². The highest BCUT2D eigenvalue weighted by atomic mass is 79.9. The van der Waals surface area contributed by atoms with Crippen LogP contribution in [-0.4, -0.2) is 11.6 Å². The molecule has 4 heteroatoms. The zero-order chi connectivity index (χ0) is 13.5. The van der Waals surface area contributed by atoms with E-state index in [1.807, 2.05) is 25.2 Å². The Labute approximate surface area is 122 Å². The van der Waals surface area contributed by atoms with E-state index in [1.54, 1.807) is 0 Å². The molecule has 0 amide bonds. The van der Waals surface area contributed by atoms with Gasteiger partial charge in [0.1, 0.15) is 0 Å². The van der Waals surface area contributed by atoms with E-state index in [2.05, 4.69) is 37.8 Å². The maximum absolute atomic E-state index is 11.7. The molecular weight excluding hydrogens is 360 g/mol. The van der Waals surface area contributed by atoms with Gasteiger partial charge in [-0.2, -0.15) is 0 Å². The molecule has 1 spiro atoms. The van der Waals surface area contributed by atoms with Gasteiger partial charge < -0.3 is 0 Å². The van der Waals surface area contributed by atoms with Crippen LogP contribution in [0.5, 0.6) is 0 Å². The molecule has 0 heterocycles. The Morgan fingerprint density at radius 2 is 1.94 bits per heavy atom. The molecule has 2 aliphatic carbocycles. The topological polar surface area (TPSA) is 34.1 Å². The summed E-state index contributed by atoms with van der Waals surface area (Å²) in [6.45, 7) is 1.97. The lowest BCUT2D eigenvalue weighted by molar-refractivity contribution is -0.111. The van der Waals surface area contributed by atoms with Crippen LogP contribution in [0.4, 0.5) is 0 Å². The smallest absolute Gasteiger partial charge is 0.231 e. The molecule has 0 saturated carbocycles. The van der Waals surface area contributed by atoms with Crippen LogP contribution in [-0.2, 0) is 9.59 Å². The number of carbonyl (C=O) groups excluding carboxylic acids is 2. The van der Waals surface area contributed by atoms with Gasteiger partial charge in [0.2, 0.25) is 11.6 Å². The average molecular weight is 370 g/mol. The van der Waals surface area contributed by atoms with E-state index in [4.69, 9.17) is 6.42 Å². The van der Waals surface area contributed by atoms with E-state index in [9.17, 15) is 9.59 Å². The predicted octanol–water partition coefficient (Wildman–Crippen LogP) is 3.28. The van der Waals surface area contributed by atoms with Gasteiger partial charge in [0.05, 0.1) is 8.96 Å². The second-order valence-corrected chi connectivity index (χ2v) is 6.31. The van der Waals surface area contributed by atoms with Crippen LogP contribution in [0.25, 0.3) is 0 Å². The Kier molecular flexibility index (Phi) is 3.48. The fraction of sp³-hybridized carbons (Fsp3) is 0.286. The van der Waals surface area contributed by atoms with Gasteiger partial charge in [-0.3, -0.25) is 9.59 Å². The summed E-state index contributed by atoms with van der Waals surface area (Å²) in [5, 5.41) is 0. The van der Waals surface area contributed by atoms with Crippen LogP contribution < -0.4 is 0 Å². The minimum absolute atomic E-state index is 0.0848. The molecule has 0 unspecified atom stereocenters. The normalized spacial score (nSPS) is 25.3. The Balaban J connectivity index is 2.48. The van der Waals surface area contributed by atoms with Crippen LogP contribution in [0.15, 0.2) is 32.8 Å². The Bertz CT molecular complexity index is 551. The number of ketones is 2. The highest BCUT2D eigenvalue weighted by Crippen LogP contribution is 2.47. The van der Waals surface area contributed by atoms with Gasteiger partial charge in [-0.1, -0.05) is 25.2 Å². The zero-order valence-electron chi connectivity index (χ0n) is 9.67. The summed E-state index contributed by atoms with van der Waals surface area (Å²) < 4.78 is 1.02. The number of hydrogen-bond acceptors (Lipinski definition) is 2. The molecule has 1 atom stereocenters.